The highest BCUT2D eigenvalue weighted by Gasteiger charge is 2.40. The molecule has 0 heterocycles. The van der Waals surface area contributed by atoms with Gasteiger partial charge in [-0.15, -0.1) is 0 Å². The van der Waals surface area contributed by atoms with E-state index >= 15 is 0 Å². The second-order valence-electron chi connectivity index (χ2n) is 5.44. The minimum atomic E-state index is -0.380. The fourth-order valence-electron chi connectivity index (χ4n) is 2.97. The summed E-state index contributed by atoms with van der Waals surface area (Å²) >= 11 is 0. The van der Waals surface area contributed by atoms with Crippen molar-refractivity contribution in [1.82, 2.24) is 0 Å². The molecule has 0 amide bonds. The number of esters is 1. The van der Waals surface area contributed by atoms with Gasteiger partial charge >= 0.3 is 5.97 Å². The Bertz CT molecular complexity index is 415. The molecule has 0 radical (unpaired) electrons. The Labute approximate surface area is 114 Å². The molecule has 2 atom stereocenters. The number of carbonyl (C=O) groups is 1. The van der Waals surface area contributed by atoms with E-state index in [1.54, 1.807) is 12.1 Å². The molecule has 1 N–H and O–H groups in total. The summed E-state index contributed by atoms with van der Waals surface area (Å²) in [6.45, 7) is 2.05. The van der Waals surface area contributed by atoms with Crippen LogP contribution in [0.25, 0.3) is 0 Å². The fourth-order valence-corrected chi connectivity index (χ4v) is 2.97. The topological polar surface area (TPSA) is 46.5 Å². The number of hydrogen-bond acceptors (Lipinski definition) is 3. The summed E-state index contributed by atoms with van der Waals surface area (Å²) in [6.07, 6.45) is 4.59. The average molecular weight is 262 g/mol. The molecular formula is C16H22O3. The smallest absolute Gasteiger partial charge is 0.311 e. The predicted molar refractivity (Wildman–Crippen MR) is 73.9 cm³/mol. The first-order chi connectivity index (χ1) is 9.16. The van der Waals surface area contributed by atoms with E-state index in [0.717, 1.165) is 32.1 Å². The molecule has 0 spiro atoms. The summed E-state index contributed by atoms with van der Waals surface area (Å²) < 4.78 is 5.34. The molecule has 0 bridgehead atoms. The third kappa shape index (κ3) is 3.35. The quantitative estimate of drug-likeness (QED) is 0.669. The highest BCUT2D eigenvalue weighted by atomic mass is 16.5. The molecule has 0 aliphatic heterocycles. The lowest BCUT2D eigenvalue weighted by molar-refractivity contribution is -0.141. The van der Waals surface area contributed by atoms with Gasteiger partial charge in [0, 0.05) is 5.41 Å². The number of aliphatic hydroxyl groups excluding tert-OH is 1. The van der Waals surface area contributed by atoms with E-state index < -0.39 is 0 Å². The van der Waals surface area contributed by atoms with E-state index in [2.05, 4.69) is 0 Å². The second kappa shape index (κ2) is 6.20. The lowest BCUT2D eigenvalue weighted by Crippen LogP contribution is -2.40. The van der Waals surface area contributed by atoms with Crippen molar-refractivity contribution in [2.24, 2.45) is 5.41 Å². The highest BCUT2D eigenvalue weighted by molar-refractivity contribution is 5.73. The minimum Gasteiger partial charge on any atom is -0.427 e. The van der Waals surface area contributed by atoms with Gasteiger partial charge in [-0.1, -0.05) is 38.0 Å². The van der Waals surface area contributed by atoms with E-state index in [0.29, 0.717) is 12.2 Å². The maximum absolute atomic E-state index is 12.1. The predicted octanol–water partition coefficient (Wildman–Crippen LogP) is 3.31. The molecule has 1 saturated carbocycles. The van der Waals surface area contributed by atoms with Gasteiger partial charge in [0.1, 0.15) is 5.75 Å². The third-order valence-corrected chi connectivity index (χ3v) is 4.28. The van der Waals surface area contributed by atoms with Gasteiger partial charge in [0.15, 0.2) is 0 Å². The molecular weight excluding hydrogens is 240 g/mol. The number of rotatable bonds is 4. The van der Waals surface area contributed by atoms with Gasteiger partial charge in [-0.25, -0.2) is 0 Å². The molecule has 3 nitrogen and oxygen atoms in total. The standard InChI is InChI=1S/C16H22O3/c1-2-16(11-7-6-10-14(16)17)12-15(18)19-13-8-4-3-5-9-13/h3-5,8-9,14,17H,2,6-7,10-12H2,1H3. The van der Waals surface area contributed by atoms with E-state index in [1.807, 2.05) is 25.1 Å². The van der Waals surface area contributed by atoms with Gasteiger partial charge in [-0.05, 0) is 31.4 Å². The van der Waals surface area contributed by atoms with Crippen LogP contribution in [0.3, 0.4) is 0 Å². The maximum atomic E-state index is 12.1. The van der Waals surface area contributed by atoms with Crippen LogP contribution >= 0.6 is 0 Å². The monoisotopic (exact) mass is 262 g/mol. The van der Waals surface area contributed by atoms with Crippen LogP contribution in [0.15, 0.2) is 30.3 Å². The van der Waals surface area contributed by atoms with E-state index in [1.165, 1.54) is 0 Å². The Hall–Kier alpha value is -1.35. The zero-order valence-electron chi connectivity index (χ0n) is 11.5. The molecule has 1 aliphatic carbocycles. The van der Waals surface area contributed by atoms with Gasteiger partial charge in [-0.3, -0.25) is 4.79 Å². The van der Waals surface area contributed by atoms with Crippen molar-refractivity contribution < 1.29 is 14.6 Å². The number of aliphatic hydroxyl groups is 1. The Kier molecular flexibility index (Phi) is 4.59. The van der Waals surface area contributed by atoms with Crippen LogP contribution < -0.4 is 4.74 Å². The van der Waals surface area contributed by atoms with E-state index in [-0.39, 0.29) is 17.5 Å². The summed E-state index contributed by atoms with van der Waals surface area (Å²) in [5, 5.41) is 10.2. The minimum absolute atomic E-state index is 0.242. The van der Waals surface area contributed by atoms with Crippen LogP contribution in [0.2, 0.25) is 0 Å². The number of benzene rings is 1. The van der Waals surface area contributed by atoms with Crippen molar-refractivity contribution in [1.29, 1.82) is 0 Å². The average Bonchev–Trinajstić information content (AvgIpc) is 2.42. The molecule has 0 saturated heterocycles. The summed E-state index contributed by atoms with van der Waals surface area (Å²) in [6, 6.07) is 9.11. The van der Waals surface area contributed by atoms with E-state index in [4.69, 9.17) is 4.74 Å². The Balaban J connectivity index is 2.00. The first-order valence-electron chi connectivity index (χ1n) is 7.10. The van der Waals surface area contributed by atoms with Crippen molar-refractivity contribution in [2.45, 2.75) is 51.6 Å². The maximum Gasteiger partial charge on any atom is 0.311 e. The molecule has 2 rings (SSSR count). The van der Waals surface area contributed by atoms with Crippen LogP contribution in [0, 0.1) is 5.41 Å². The first kappa shape index (κ1) is 14.1. The lowest BCUT2D eigenvalue weighted by Gasteiger charge is -2.40. The van der Waals surface area contributed by atoms with Crippen molar-refractivity contribution in [3.63, 3.8) is 0 Å². The van der Waals surface area contributed by atoms with Crippen molar-refractivity contribution in [2.75, 3.05) is 0 Å². The number of ether oxygens (including phenoxy) is 1. The largest absolute Gasteiger partial charge is 0.427 e. The van der Waals surface area contributed by atoms with Crippen LogP contribution in [0.4, 0.5) is 0 Å². The van der Waals surface area contributed by atoms with Gasteiger partial charge < -0.3 is 9.84 Å². The van der Waals surface area contributed by atoms with Crippen molar-refractivity contribution in [3.05, 3.63) is 30.3 Å². The van der Waals surface area contributed by atoms with Gasteiger partial charge in [0.25, 0.3) is 0 Å². The Morgan fingerprint density at radius 1 is 1.37 bits per heavy atom. The van der Waals surface area contributed by atoms with Crippen molar-refractivity contribution >= 4 is 5.97 Å². The normalized spacial score (nSPS) is 26.9. The summed E-state index contributed by atoms with van der Waals surface area (Å²) in [5.41, 5.74) is -0.288. The molecule has 2 unspecified atom stereocenters. The molecule has 1 aliphatic rings. The molecule has 1 fully saturated rings. The molecule has 1 aromatic carbocycles. The zero-order valence-corrected chi connectivity index (χ0v) is 11.5. The van der Waals surface area contributed by atoms with Gasteiger partial charge in [-0.2, -0.15) is 0 Å². The van der Waals surface area contributed by atoms with Gasteiger partial charge in [0.05, 0.1) is 12.5 Å². The molecule has 1 aromatic rings. The molecule has 0 aromatic heterocycles. The van der Waals surface area contributed by atoms with Crippen LogP contribution in [-0.2, 0) is 4.79 Å². The van der Waals surface area contributed by atoms with Gasteiger partial charge in [0.2, 0.25) is 0 Å². The fraction of sp³-hybridized carbons (Fsp3) is 0.562. The molecule has 3 heteroatoms. The summed E-state index contributed by atoms with van der Waals surface area (Å²) in [7, 11) is 0. The van der Waals surface area contributed by atoms with E-state index in [9.17, 15) is 9.90 Å². The summed E-state index contributed by atoms with van der Waals surface area (Å²) in [4.78, 5) is 12.1. The molecule has 104 valence electrons. The second-order valence-corrected chi connectivity index (χ2v) is 5.44. The number of para-hydroxylation sites is 1. The number of carbonyl (C=O) groups excluding carboxylic acids is 1. The van der Waals surface area contributed by atoms with Crippen LogP contribution in [0.5, 0.6) is 5.75 Å². The highest BCUT2D eigenvalue weighted by Crippen LogP contribution is 2.42. The lowest BCUT2D eigenvalue weighted by atomic mass is 9.68. The number of hydrogen-bond donors (Lipinski definition) is 1. The van der Waals surface area contributed by atoms with Crippen molar-refractivity contribution in [3.8, 4) is 5.75 Å². The zero-order chi connectivity index (χ0) is 13.7. The Morgan fingerprint density at radius 2 is 2.11 bits per heavy atom. The van der Waals surface area contributed by atoms with Crippen LogP contribution in [-0.4, -0.2) is 17.2 Å². The van der Waals surface area contributed by atoms with Crippen LogP contribution in [0.1, 0.15) is 45.4 Å². The SMILES string of the molecule is CCC1(CC(=O)Oc2ccccc2)CCCCC1O. The summed E-state index contributed by atoms with van der Waals surface area (Å²) in [5.74, 6) is 0.332. The Morgan fingerprint density at radius 3 is 2.74 bits per heavy atom. The third-order valence-electron chi connectivity index (χ3n) is 4.28. The molecule has 19 heavy (non-hydrogen) atoms. The first-order valence-corrected chi connectivity index (χ1v) is 7.10.